The van der Waals surface area contributed by atoms with Crippen LogP contribution in [0.3, 0.4) is 0 Å². The zero-order valence-corrected chi connectivity index (χ0v) is 13.8. The third-order valence-corrected chi connectivity index (χ3v) is 4.57. The van der Waals surface area contributed by atoms with E-state index in [0.717, 1.165) is 25.9 Å². The predicted molar refractivity (Wildman–Crippen MR) is 90.4 cm³/mol. The molecule has 0 aliphatic heterocycles. The first-order valence-corrected chi connectivity index (χ1v) is 8.45. The fraction of sp³-hybridized carbons (Fsp3) is 0.611. The Bertz CT molecular complexity index is 461. The number of carbonyl (C=O) groups is 1. The van der Waals surface area contributed by atoms with Gasteiger partial charge in [-0.25, -0.2) is 0 Å². The Balaban J connectivity index is 2.05. The highest BCUT2D eigenvalue weighted by Gasteiger charge is 2.31. The van der Waals surface area contributed by atoms with E-state index in [1.807, 2.05) is 6.07 Å². The van der Waals surface area contributed by atoms with Gasteiger partial charge in [-0.3, -0.25) is 9.69 Å². The van der Waals surface area contributed by atoms with Gasteiger partial charge in [0.15, 0.2) is 0 Å². The minimum absolute atomic E-state index is 0.0346. The maximum Gasteiger partial charge on any atom is 0.236 e. The van der Waals surface area contributed by atoms with Gasteiger partial charge >= 0.3 is 0 Å². The van der Waals surface area contributed by atoms with Crippen LogP contribution in [0.25, 0.3) is 0 Å². The van der Waals surface area contributed by atoms with Crippen LogP contribution in [0, 0.1) is 0 Å². The molecule has 0 aromatic heterocycles. The second-order valence-corrected chi connectivity index (χ2v) is 6.30. The summed E-state index contributed by atoms with van der Waals surface area (Å²) in [5, 5.41) is 3.16. The zero-order valence-electron chi connectivity index (χ0n) is 13.8. The van der Waals surface area contributed by atoms with Gasteiger partial charge in [-0.15, -0.1) is 0 Å². The lowest BCUT2D eigenvalue weighted by Gasteiger charge is -2.40. The van der Waals surface area contributed by atoms with Crippen molar-refractivity contribution in [2.45, 2.75) is 64.2 Å². The molecule has 1 saturated carbocycles. The smallest absolute Gasteiger partial charge is 0.236 e. The van der Waals surface area contributed by atoms with Crippen molar-refractivity contribution in [3.8, 4) is 0 Å². The van der Waals surface area contributed by atoms with E-state index in [4.69, 9.17) is 5.73 Å². The number of nitrogens with zero attached hydrogens (tertiary/aromatic N) is 1. The number of carbonyl (C=O) groups excluding carboxylic acids is 1. The van der Waals surface area contributed by atoms with E-state index in [2.05, 4.69) is 41.4 Å². The van der Waals surface area contributed by atoms with Crippen LogP contribution in [-0.4, -0.2) is 35.5 Å². The highest BCUT2D eigenvalue weighted by Crippen LogP contribution is 2.24. The normalized spacial score (nSPS) is 23.3. The lowest BCUT2D eigenvalue weighted by molar-refractivity contribution is -0.123. The fourth-order valence-electron chi connectivity index (χ4n) is 3.31. The summed E-state index contributed by atoms with van der Waals surface area (Å²) in [7, 11) is 0. The minimum Gasteiger partial charge on any atom is -0.350 e. The van der Waals surface area contributed by atoms with E-state index >= 15 is 0 Å². The van der Waals surface area contributed by atoms with Crippen LogP contribution in [0.2, 0.25) is 0 Å². The quantitative estimate of drug-likeness (QED) is 0.847. The molecule has 22 heavy (non-hydrogen) atoms. The van der Waals surface area contributed by atoms with E-state index in [0.29, 0.717) is 6.04 Å². The van der Waals surface area contributed by atoms with Crippen molar-refractivity contribution < 1.29 is 4.79 Å². The predicted octanol–water partition coefficient (Wildman–Crippen LogP) is 2.28. The van der Waals surface area contributed by atoms with Crippen molar-refractivity contribution >= 4 is 5.91 Å². The van der Waals surface area contributed by atoms with Crippen LogP contribution in [0.15, 0.2) is 30.3 Å². The van der Waals surface area contributed by atoms with Crippen LogP contribution < -0.4 is 11.1 Å². The van der Waals surface area contributed by atoms with Crippen LogP contribution in [-0.2, 0) is 11.3 Å². The third kappa shape index (κ3) is 4.55. The number of amides is 1. The van der Waals surface area contributed by atoms with Crippen molar-refractivity contribution in [3.05, 3.63) is 35.9 Å². The third-order valence-electron chi connectivity index (χ3n) is 4.57. The second-order valence-electron chi connectivity index (χ2n) is 6.30. The highest BCUT2D eigenvalue weighted by atomic mass is 16.2. The first kappa shape index (κ1) is 17.0. The SMILES string of the molecule is CCN(Cc1ccccc1)[C@H]1CCCCC1NC(=O)C(C)N. The van der Waals surface area contributed by atoms with Crippen molar-refractivity contribution in [2.24, 2.45) is 5.73 Å². The van der Waals surface area contributed by atoms with Gasteiger partial charge in [0.05, 0.1) is 6.04 Å². The lowest BCUT2D eigenvalue weighted by Crippen LogP contribution is -2.55. The van der Waals surface area contributed by atoms with Crippen molar-refractivity contribution in [2.75, 3.05) is 6.54 Å². The number of nitrogens with two attached hydrogens (primary N) is 1. The Morgan fingerprint density at radius 3 is 2.64 bits per heavy atom. The van der Waals surface area contributed by atoms with Gasteiger partial charge in [0.1, 0.15) is 0 Å². The van der Waals surface area contributed by atoms with Gasteiger partial charge in [-0.1, -0.05) is 50.1 Å². The molecule has 0 spiro atoms. The Morgan fingerprint density at radius 1 is 1.32 bits per heavy atom. The summed E-state index contributed by atoms with van der Waals surface area (Å²) < 4.78 is 0. The maximum absolute atomic E-state index is 12.0. The standard InChI is InChI=1S/C18H29N3O/c1-3-21(13-15-9-5-4-6-10-15)17-12-8-7-11-16(17)20-18(22)14(2)19/h4-6,9-10,14,16-17H,3,7-8,11-13,19H2,1-2H3,(H,20,22)/t14?,16?,17-/m0/s1. The summed E-state index contributed by atoms with van der Waals surface area (Å²) in [5.74, 6) is -0.0346. The topological polar surface area (TPSA) is 58.4 Å². The Kier molecular flexibility index (Phi) is 6.40. The second kappa shape index (κ2) is 8.30. The molecule has 4 nitrogen and oxygen atoms in total. The summed E-state index contributed by atoms with van der Waals surface area (Å²) >= 11 is 0. The molecule has 1 aliphatic rings. The Labute approximate surface area is 134 Å². The molecular weight excluding hydrogens is 274 g/mol. The molecule has 1 aliphatic carbocycles. The molecule has 0 heterocycles. The Morgan fingerprint density at radius 2 is 2.00 bits per heavy atom. The van der Waals surface area contributed by atoms with Gasteiger partial charge in [-0.2, -0.15) is 0 Å². The van der Waals surface area contributed by atoms with Gasteiger partial charge in [0.2, 0.25) is 5.91 Å². The number of benzene rings is 1. The van der Waals surface area contributed by atoms with Crippen LogP contribution in [0.1, 0.15) is 45.1 Å². The van der Waals surface area contributed by atoms with Crippen molar-refractivity contribution in [1.82, 2.24) is 10.2 Å². The number of hydrogen-bond donors (Lipinski definition) is 2. The molecule has 4 heteroatoms. The monoisotopic (exact) mass is 303 g/mol. The van der Waals surface area contributed by atoms with Gasteiger partial charge < -0.3 is 11.1 Å². The number of hydrogen-bond acceptors (Lipinski definition) is 3. The molecule has 2 rings (SSSR count). The van der Waals surface area contributed by atoms with E-state index in [1.54, 1.807) is 6.92 Å². The molecule has 0 saturated heterocycles. The molecule has 1 amide bonds. The molecule has 2 unspecified atom stereocenters. The molecule has 1 aromatic rings. The molecule has 1 aromatic carbocycles. The number of nitrogens with one attached hydrogen (secondary N) is 1. The van der Waals surface area contributed by atoms with Gasteiger partial charge in [-0.05, 0) is 31.9 Å². The molecule has 3 atom stereocenters. The van der Waals surface area contributed by atoms with Crippen LogP contribution >= 0.6 is 0 Å². The fourth-order valence-corrected chi connectivity index (χ4v) is 3.31. The molecular formula is C18H29N3O. The van der Waals surface area contributed by atoms with Crippen molar-refractivity contribution in [1.29, 1.82) is 0 Å². The summed E-state index contributed by atoms with van der Waals surface area (Å²) in [6, 6.07) is 10.7. The van der Waals surface area contributed by atoms with E-state index in [-0.39, 0.29) is 11.9 Å². The molecule has 0 radical (unpaired) electrons. The largest absolute Gasteiger partial charge is 0.350 e. The Hall–Kier alpha value is -1.39. The van der Waals surface area contributed by atoms with Gasteiger partial charge in [0, 0.05) is 18.6 Å². The molecule has 1 fully saturated rings. The van der Waals surface area contributed by atoms with Crippen LogP contribution in [0.4, 0.5) is 0 Å². The average Bonchev–Trinajstić information content (AvgIpc) is 2.54. The van der Waals surface area contributed by atoms with Gasteiger partial charge in [0.25, 0.3) is 0 Å². The summed E-state index contributed by atoms with van der Waals surface area (Å²) in [6.45, 7) is 5.87. The minimum atomic E-state index is -0.438. The van der Waals surface area contributed by atoms with E-state index < -0.39 is 6.04 Å². The number of rotatable bonds is 6. The number of likely N-dealkylation sites (N-methyl/N-ethyl adjacent to an activating group) is 1. The first-order valence-electron chi connectivity index (χ1n) is 8.45. The molecule has 0 bridgehead atoms. The molecule has 122 valence electrons. The van der Waals surface area contributed by atoms with E-state index in [9.17, 15) is 4.79 Å². The summed E-state index contributed by atoms with van der Waals surface area (Å²) in [6.07, 6.45) is 4.61. The summed E-state index contributed by atoms with van der Waals surface area (Å²) in [5.41, 5.74) is 7.03. The van der Waals surface area contributed by atoms with Crippen molar-refractivity contribution in [3.63, 3.8) is 0 Å². The zero-order chi connectivity index (χ0) is 15.9. The summed E-state index contributed by atoms with van der Waals surface area (Å²) in [4.78, 5) is 14.5. The highest BCUT2D eigenvalue weighted by molar-refractivity contribution is 5.81. The molecule has 3 N–H and O–H groups in total. The lowest BCUT2D eigenvalue weighted by atomic mass is 9.88. The maximum atomic E-state index is 12.0. The first-order chi connectivity index (χ1) is 10.6. The average molecular weight is 303 g/mol. The van der Waals surface area contributed by atoms with E-state index in [1.165, 1.54) is 18.4 Å². The van der Waals surface area contributed by atoms with Crippen LogP contribution in [0.5, 0.6) is 0 Å².